The first kappa shape index (κ1) is 16.6. The highest BCUT2D eigenvalue weighted by Gasteiger charge is 2.26. The molecule has 0 fully saturated rings. The van der Waals surface area contributed by atoms with Crippen LogP contribution in [-0.2, 0) is 4.79 Å². The summed E-state index contributed by atoms with van der Waals surface area (Å²) in [7, 11) is 0. The molecule has 3 amide bonds. The van der Waals surface area contributed by atoms with Gasteiger partial charge in [0.1, 0.15) is 11.6 Å². The number of anilines is 1. The van der Waals surface area contributed by atoms with Gasteiger partial charge in [-0.25, -0.2) is 4.39 Å². The first-order valence-corrected chi connectivity index (χ1v) is 7.71. The van der Waals surface area contributed by atoms with Crippen LogP contribution in [0.2, 0.25) is 0 Å². The summed E-state index contributed by atoms with van der Waals surface area (Å²) < 4.78 is 18.2. The molecule has 2 N–H and O–H groups in total. The maximum atomic E-state index is 12.8. The molecule has 2 aromatic rings. The predicted octanol–water partition coefficient (Wildman–Crippen LogP) is 2.51. The Morgan fingerprint density at radius 1 is 1.04 bits per heavy atom. The Kier molecular flexibility index (Phi) is 4.74. The number of hydrogen-bond donors (Lipinski definition) is 2. The van der Waals surface area contributed by atoms with E-state index in [1.54, 1.807) is 6.07 Å². The van der Waals surface area contributed by atoms with E-state index in [9.17, 15) is 18.8 Å². The molecule has 0 unspecified atom stereocenters. The Morgan fingerprint density at radius 2 is 1.76 bits per heavy atom. The van der Waals surface area contributed by atoms with Crippen LogP contribution in [0, 0.1) is 5.82 Å². The van der Waals surface area contributed by atoms with E-state index >= 15 is 0 Å². The summed E-state index contributed by atoms with van der Waals surface area (Å²) in [6.07, 6.45) is 0.705. The van der Waals surface area contributed by atoms with Gasteiger partial charge in [-0.15, -0.1) is 0 Å². The van der Waals surface area contributed by atoms with E-state index in [4.69, 9.17) is 4.74 Å². The van der Waals surface area contributed by atoms with Crippen LogP contribution in [0.1, 0.15) is 33.6 Å². The molecule has 0 saturated heterocycles. The fraction of sp³-hybridized carbons (Fsp3) is 0.167. The molecule has 128 valence electrons. The molecule has 1 aliphatic rings. The fourth-order valence-corrected chi connectivity index (χ4v) is 2.42. The molecular weight excluding hydrogens is 327 g/mol. The van der Waals surface area contributed by atoms with Crippen LogP contribution in [-0.4, -0.2) is 24.3 Å². The monoisotopic (exact) mass is 342 g/mol. The summed E-state index contributed by atoms with van der Waals surface area (Å²) in [6.45, 7) is 0.320. The lowest BCUT2D eigenvalue weighted by molar-refractivity contribution is -0.116. The first-order valence-electron chi connectivity index (χ1n) is 7.71. The third-order valence-electron chi connectivity index (χ3n) is 3.65. The highest BCUT2D eigenvalue weighted by atomic mass is 19.1. The average Bonchev–Trinajstić information content (AvgIpc) is 2.87. The number of nitrogens with one attached hydrogen (secondary N) is 2. The van der Waals surface area contributed by atoms with Crippen molar-refractivity contribution in [2.24, 2.45) is 0 Å². The summed E-state index contributed by atoms with van der Waals surface area (Å²) >= 11 is 0. The predicted molar refractivity (Wildman–Crippen MR) is 88.0 cm³/mol. The van der Waals surface area contributed by atoms with Gasteiger partial charge >= 0.3 is 0 Å². The summed E-state index contributed by atoms with van der Waals surface area (Å²) in [5, 5.41) is 4.87. The van der Waals surface area contributed by atoms with Gasteiger partial charge in [-0.2, -0.15) is 0 Å². The molecule has 0 aromatic heterocycles. The molecular formula is C18H15FN2O4. The number of imide groups is 1. The van der Waals surface area contributed by atoms with E-state index in [0.29, 0.717) is 30.0 Å². The number of rotatable bonds is 6. The third kappa shape index (κ3) is 4.00. The van der Waals surface area contributed by atoms with Gasteiger partial charge in [-0.1, -0.05) is 0 Å². The van der Waals surface area contributed by atoms with Crippen LogP contribution in [0.25, 0.3) is 0 Å². The minimum atomic E-state index is -0.469. The second kappa shape index (κ2) is 7.12. The van der Waals surface area contributed by atoms with Crippen LogP contribution in [0.3, 0.4) is 0 Å². The summed E-state index contributed by atoms with van der Waals surface area (Å²) in [5.41, 5.74) is 1.01. The highest BCUT2D eigenvalue weighted by Crippen LogP contribution is 2.20. The minimum Gasteiger partial charge on any atom is -0.494 e. The van der Waals surface area contributed by atoms with Crippen LogP contribution >= 0.6 is 0 Å². The van der Waals surface area contributed by atoms with Crippen molar-refractivity contribution in [3.63, 3.8) is 0 Å². The van der Waals surface area contributed by atoms with Crippen molar-refractivity contribution in [1.29, 1.82) is 0 Å². The van der Waals surface area contributed by atoms with E-state index < -0.39 is 11.8 Å². The molecule has 0 spiro atoms. The summed E-state index contributed by atoms with van der Waals surface area (Å²) in [5.74, 6) is -0.931. The van der Waals surface area contributed by atoms with Gasteiger partial charge in [-0.3, -0.25) is 19.7 Å². The molecule has 3 rings (SSSR count). The number of benzene rings is 2. The van der Waals surface area contributed by atoms with Gasteiger partial charge in [-0.05, 0) is 48.9 Å². The van der Waals surface area contributed by atoms with Crippen molar-refractivity contribution in [1.82, 2.24) is 5.32 Å². The van der Waals surface area contributed by atoms with Crippen LogP contribution in [0.5, 0.6) is 5.75 Å². The van der Waals surface area contributed by atoms with E-state index in [-0.39, 0.29) is 23.7 Å². The minimum absolute atomic E-state index is 0.226. The van der Waals surface area contributed by atoms with Gasteiger partial charge in [0.25, 0.3) is 11.8 Å². The molecule has 0 atom stereocenters. The van der Waals surface area contributed by atoms with E-state index in [2.05, 4.69) is 10.6 Å². The normalized spacial score (nSPS) is 12.5. The Balaban J connectivity index is 1.47. The number of ether oxygens (including phenoxy) is 1. The van der Waals surface area contributed by atoms with E-state index in [1.165, 1.54) is 36.4 Å². The molecule has 0 radical (unpaired) electrons. The van der Waals surface area contributed by atoms with Crippen LogP contribution < -0.4 is 15.4 Å². The summed E-state index contributed by atoms with van der Waals surface area (Å²) in [6, 6.07) is 10.2. The molecule has 0 aliphatic carbocycles. The zero-order valence-corrected chi connectivity index (χ0v) is 13.2. The number of amides is 3. The maximum Gasteiger partial charge on any atom is 0.259 e. The van der Waals surface area contributed by atoms with Gasteiger partial charge in [0.15, 0.2) is 0 Å². The smallest absolute Gasteiger partial charge is 0.259 e. The van der Waals surface area contributed by atoms with E-state index in [0.717, 1.165) is 0 Å². The number of carbonyl (C=O) groups is 3. The van der Waals surface area contributed by atoms with Crippen molar-refractivity contribution in [2.75, 3.05) is 11.9 Å². The lowest BCUT2D eigenvalue weighted by atomic mass is 10.1. The average molecular weight is 342 g/mol. The molecule has 2 aromatic carbocycles. The van der Waals surface area contributed by atoms with E-state index in [1.807, 2.05) is 0 Å². The molecule has 1 aliphatic heterocycles. The van der Waals surface area contributed by atoms with Crippen LogP contribution in [0.4, 0.5) is 10.1 Å². The molecule has 1 heterocycles. The third-order valence-corrected chi connectivity index (χ3v) is 3.65. The number of hydrogen-bond acceptors (Lipinski definition) is 4. The van der Waals surface area contributed by atoms with Crippen LogP contribution in [0.15, 0.2) is 42.5 Å². The number of fused-ring (bicyclic) bond motifs is 1. The number of halogens is 1. The largest absolute Gasteiger partial charge is 0.494 e. The van der Waals surface area contributed by atoms with Gasteiger partial charge < -0.3 is 10.1 Å². The Hall–Kier alpha value is -3.22. The lowest BCUT2D eigenvalue weighted by Crippen LogP contribution is -2.19. The van der Waals surface area contributed by atoms with Crippen molar-refractivity contribution >= 4 is 23.4 Å². The quantitative estimate of drug-likeness (QED) is 0.624. The molecule has 6 nitrogen and oxygen atoms in total. The lowest BCUT2D eigenvalue weighted by Gasteiger charge is -2.08. The zero-order chi connectivity index (χ0) is 17.8. The second-order valence-electron chi connectivity index (χ2n) is 5.50. The Morgan fingerprint density at radius 3 is 2.52 bits per heavy atom. The van der Waals surface area contributed by atoms with Crippen molar-refractivity contribution in [3.8, 4) is 5.75 Å². The fourth-order valence-electron chi connectivity index (χ4n) is 2.42. The Labute approximate surface area is 143 Å². The van der Waals surface area contributed by atoms with Gasteiger partial charge in [0.2, 0.25) is 5.91 Å². The first-order chi connectivity index (χ1) is 12.0. The molecule has 0 saturated carbocycles. The van der Waals surface area contributed by atoms with Crippen molar-refractivity contribution in [3.05, 3.63) is 59.4 Å². The highest BCUT2D eigenvalue weighted by molar-refractivity contribution is 6.22. The number of carbonyl (C=O) groups excluding carboxylic acids is 3. The zero-order valence-electron chi connectivity index (χ0n) is 13.2. The van der Waals surface area contributed by atoms with Gasteiger partial charge in [0.05, 0.1) is 17.7 Å². The second-order valence-corrected chi connectivity index (χ2v) is 5.50. The SMILES string of the molecule is O=C(CCCOc1ccc(F)cc1)Nc1ccc2c(c1)C(=O)NC2=O. The van der Waals surface area contributed by atoms with Crippen molar-refractivity contribution < 1.29 is 23.5 Å². The molecule has 7 heteroatoms. The molecule has 25 heavy (non-hydrogen) atoms. The van der Waals surface area contributed by atoms with Gasteiger partial charge in [0, 0.05) is 12.1 Å². The van der Waals surface area contributed by atoms with Crippen molar-refractivity contribution in [2.45, 2.75) is 12.8 Å². The standard InChI is InChI=1S/C18H15FN2O4/c19-11-3-6-13(7-4-11)25-9-1-2-16(22)20-12-5-8-14-15(10-12)18(24)21-17(14)23/h3-8,10H,1-2,9H2,(H,20,22)(H,21,23,24). The summed E-state index contributed by atoms with van der Waals surface area (Å²) in [4.78, 5) is 35.0. The molecule has 0 bridgehead atoms. The maximum absolute atomic E-state index is 12.8. The Bertz CT molecular complexity index is 833. The topological polar surface area (TPSA) is 84.5 Å².